The molecule has 1 aromatic heterocycles. The van der Waals surface area contributed by atoms with E-state index >= 15 is 0 Å². The fourth-order valence-electron chi connectivity index (χ4n) is 3.05. The molecule has 1 N–H and O–H groups in total. The van der Waals surface area contributed by atoms with Crippen LogP contribution in [0.15, 0.2) is 11.4 Å². The molecule has 1 saturated carbocycles. The van der Waals surface area contributed by atoms with Gasteiger partial charge in [0.25, 0.3) is 0 Å². The van der Waals surface area contributed by atoms with Gasteiger partial charge in [0.15, 0.2) is 0 Å². The Labute approximate surface area is 108 Å². The largest absolute Gasteiger partial charge is 0.385 e. The van der Waals surface area contributed by atoms with Crippen LogP contribution >= 0.6 is 11.3 Å². The molecule has 0 aliphatic heterocycles. The van der Waals surface area contributed by atoms with Gasteiger partial charge in [-0.25, -0.2) is 0 Å². The smallest absolute Gasteiger partial charge is 0.109 e. The molecule has 1 heterocycles. The summed E-state index contributed by atoms with van der Waals surface area (Å²) in [5.74, 6) is 0.636. The van der Waals surface area contributed by atoms with Gasteiger partial charge >= 0.3 is 0 Å². The predicted octanol–water partition coefficient (Wildman–Crippen LogP) is 3.69. The van der Waals surface area contributed by atoms with Gasteiger partial charge in [-0.1, -0.05) is 19.8 Å². The maximum absolute atomic E-state index is 10.7. The number of aryl methyl sites for hydroxylation is 1. The summed E-state index contributed by atoms with van der Waals surface area (Å²) in [7, 11) is 1.74. The predicted molar refractivity (Wildman–Crippen MR) is 71.4 cm³/mol. The first-order chi connectivity index (χ1) is 8.09. The third kappa shape index (κ3) is 2.42. The minimum Gasteiger partial charge on any atom is -0.385 e. The van der Waals surface area contributed by atoms with Gasteiger partial charge in [-0.15, -0.1) is 11.3 Å². The van der Waals surface area contributed by atoms with Crippen molar-refractivity contribution >= 4 is 11.3 Å². The second kappa shape index (κ2) is 5.09. The molecule has 1 aliphatic rings. The fraction of sp³-hybridized carbons (Fsp3) is 0.714. The number of methoxy groups -OCH3 is 1. The van der Waals surface area contributed by atoms with Crippen molar-refractivity contribution in [3.05, 3.63) is 21.9 Å². The third-order valence-corrected chi connectivity index (χ3v) is 4.95. The molecule has 1 aliphatic carbocycles. The molecule has 1 fully saturated rings. The van der Waals surface area contributed by atoms with E-state index in [1.807, 2.05) is 11.4 Å². The van der Waals surface area contributed by atoms with E-state index < -0.39 is 6.10 Å². The highest BCUT2D eigenvalue weighted by Crippen LogP contribution is 2.44. The molecule has 3 heteroatoms. The molecule has 0 saturated heterocycles. The molecule has 3 atom stereocenters. The van der Waals surface area contributed by atoms with Crippen molar-refractivity contribution in [1.82, 2.24) is 0 Å². The van der Waals surface area contributed by atoms with E-state index in [-0.39, 0.29) is 5.60 Å². The number of ether oxygens (including phenoxy) is 1. The van der Waals surface area contributed by atoms with Crippen LogP contribution in [0.1, 0.15) is 49.2 Å². The highest BCUT2D eigenvalue weighted by atomic mass is 32.1. The highest BCUT2D eigenvalue weighted by Gasteiger charge is 2.42. The number of hydrogen-bond donors (Lipinski definition) is 1. The Balaban J connectivity index is 2.26. The lowest BCUT2D eigenvalue weighted by molar-refractivity contribution is -0.134. The minimum atomic E-state index is -0.485. The maximum Gasteiger partial charge on any atom is 0.109 e. The van der Waals surface area contributed by atoms with E-state index in [9.17, 15) is 5.11 Å². The topological polar surface area (TPSA) is 29.5 Å². The van der Waals surface area contributed by atoms with Gasteiger partial charge in [0, 0.05) is 12.0 Å². The van der Waals surface area contributed by atoms with Gasteiger partial charge in [0.05, 0.1) is 5.60 Å². The molecule has 3 unspecified atom stereocenters. The quantitative estimate of drug-likeness (QED) is 0.891. The number of rotatable bonds is 3. The Hall–Kier alpha value is -0.380. The van der Waals surface area contributed by atoms with Gasteiger partial charge in [0.1, 0.15) is 6.10 Å². The normalized spacial score (nSPS) is 31.4. The molecular formula is C14H22O2S. The van der Waals surface area contributed by atoms with Gasteiger partial charge < -0.3 is 9.84 Å². The van der Waals surface area contributed by atoms with Crippen molar-refractivity contribution in [2.75, 3.05) is 7.11 Å². The zero-order valence-corrected chi connectivity index (χ0v) is 11.7. The molecule has 0 amide bonds. The van der Waals surface area contributed by atoms with Crippen LogP contribution in [0, 0.1) is 12.8 Å². The van der Waals surface area contributed by atoms with Crippen molar-refractivity contribution in [2.24, 2.45) is 5.92 Å². The van der Waals surface area contributed by atoms with Crippen LogP contribution in [-0.2, 0) is 4.74 Å². The lowest BCUT2D eigenvalue weighted by atomic mass is 9.74. The van der Waals surface area contributed by atoms with Gasteiger partial charge in [0.2, 0.25) is 0 Å². The third-order valence-electron chi connectivity index (χ3n) is 4.09. The lowest BCUT2D eigenvalue weighted by Gasteiger charge is -2.42. The van der Waals surface area contributed by atoms with Crippen LogP contribution in [0.2, 0.25) is 0 Å². The average Bonchev–Trinajstić information content (AvgIpc) is 2.74. The number of aliphatic hydroxyl groups excluding tert-OH is 1. The molecule has 0 spiro atoms. The van der Waals surface area contributed by atoms with E-state index in [4.69, 9.17) is 4.74 Å². The zero-order valence-electron chi connectivity index (χ0n) is 10.9. The van der Waals surface area contributed by atoms with Crippen molar-refractivity contribution in [2.45, 2.75) is 51.2 Å². The Kier molecular flexibility index (Phi) is 3.91. The van der Waals surface area contributed by atoms with Gasteiger partial charge in [-0.05, 0) is 42.7 Å². The Morgan fingerprint density at radius 1 is 1.59 bits per heavy atom. The van der Waals surface area contributed by atoms with Crippen LogP contribution in [0.25, 0.3) is 0 Å². The molecule has 0 aromatic carbocycles. The van der Waals surface area contributed by atoms with E-state index in [2.05, 4.69) is 13.8 Å². The molecule has 0 bridgehead atoms. The van der Waals surface area contributed by atoms with E-state index in [1.165, 1.54) is 11.3 Å². The second-order valence-corrected chi connectivity index (χ2v) is 6.43. The monoisotopic (exact) mass is 254 g/mol. The summed E-state index contributed by atoms with van der Waals surface area (Å²) in [6.45, 7) is 4.32. The second-order valence-electron chi connectivity index (χ2n) is 5.31. The standard InChI is InChI=1S/C14H22O2S/c1-10-5-4-7-14(9-10,16-3)13(15)12-6-8-17-11(12)2/h6,8,10,13,15H,4-5,7,9H2,1-3H3. The maximum atomic E-state index is 10.7. The summed E-state index contributed by atoms with van der Waals surface area (Å²) in [4.78, 5) is 1.20. The number of aliphatic hydroxyl groups is 1. The molecule has 2 nitrogen and oxygen atoms in total. The molecular weight excluding hydrogens is 232 g/mol. The van der Waals surface area contributed by atoms with Gasteiger partial charge in [-0.3, -0.25) is 0 Å². The van der Waals surface area contributed by atoms with Gasteiger partial charge in [-0.2, -0.15) is 0 Å². The van der Waals surface area contributed by atoms with Crippen LogP contribution in [0.4, 0.5) is 0 Å². The Morgan fingerprint density at radius 2 is 2.35 bits per heavy atom. The summed E-state index contributed by atoms with van der Waals surface area (Å²) < 4.78 is 5.74. The molecule has 96 valence electrons. The SMILES string of the molecule is COC1(C(O)c2ccsc2C)CCCC(C)C1. The number of thiophene rings is 1. The first-order valence-electron chi connectivity index (χ1n) is 6.36. The van der Waals surface area contributed by atoms with Crippen LogP contribution in [0.3, 0.4) is 0 Å². The summed E-state index contributed by atoms with van der Waals surface area (Å²) in [5, 5.41) is 12.7. The van der Waals surface area contributed by atoms with Crippen LogP contribution in [0.5, 0.6) is 0 Å². The van der Waals surface area contributed by atoms with Crippen molar-refractivity contribution in [3.63, 3.8) is 0 Å². The van der Waals surface area contributed by atoms with Crippen molar-refractivity contribution in [1.29, 1.82) is 0 Å². The van der Waals surface area contributed by atoms with E-state index in [0.29, 0.717) is 5.92 Å². The lowest BCUT2D eigenvalue weighted by Crippen LogP contribution is -2.42. The zero-order chi connectivity index (χ0) is 12.5. The molecule has 0 radical (unpaired) electrons. The summed E-state index contributed by atoms with van der Waals surface area (Å²) in [5.41, 5.74) is 0.676. The fourth-order valence-corrected chi connectivity index (χ4v) is 3.79. The molecule has 17 heavy (non-hydrogen) atoms. The first kappa shape index (κ1) is 13.1. The minimum absolute atomic E-state index is 0.372. The van der Waals surface area contributed by atoms with Crippen LogP contribution < -0.4 is 0 Å². The highest BCUT2D eigenvalue weighted by molar-refractivity contribution is 7.10. The van der Waals surface area contributed by atoms with E-state index in [0.717, 1.165) is 24.8 Å². The summed E-state index contributed by atoms with van der Waals surface area (Å²) in [6.07, 6.45) is 3.83. The summed E-state index contributed by atoms with van der Waals surface area (Å²) >= 11 is 1.69. The summed E-state index contributed by atoms with van der Waals surface area (Å²) in [6, 6.07) is 2.03. The van der Waals surface area contributed by atoms with Crippen molar-refractivity contribution < 1.29 is 9.84 Å². The van der Waals surface area contributed by atoms with Crippen molar-refractivity contribution in [3.8, 4) is 0 Å². The Morgan fingerprint density at radius 3 is 2.88 bits per heavy atom. The first-order valence-corrected chi connectivity index (χ1v) is 7.24. The number of hydrogen-bond acceptors (Lipinski definition) is 3. The van der Waals surface area contributed by atoms with E-state index in [1.54, 1.807) is 18.4 Å². The molecule has 2 rings (SSSR count). The Bertz CT molecular complexity index is 374. The van der Waals surface area contributed by atoms with Crippen LogP contribution in [-0.4, -0.2) is 17.8 Å². The molecule has 1 aromatic rings. The average molecular weight is 254 g/mol.